The van der Waals surface area contributed by atoms with Crippen molar-refractivity contribution >= 4 is 22.5 Å². The molecule has 0 aliphatic rings. The monoisotopic (exact) mass is 288 g/mol. The molecule has 1 aromatic heterocycles. The molecule has 1 amide bonds. The lowest BCUT2D eigenvalue weighted by molar-refractivity contribution is -0.116. The standard InChI is InChI=1S/C17H24N2O2/c1-2-3-4-7-17(21)19-14-8-9-15-13(6-5-10-20)12-18-16(15)11-14/h8-9,11-12,18,20H,2-7,10H2,1H3,(H,19,21). The minimum absolute atomic E-state index is 0.0786. The number of aliphatic hydroxyl groups excluding tert-OH is 1. The first-order chi connectivity index (χ1) is 10.2. The molecule has 0 fully saturated rings. The molecule has 4 nitrogen and oxygen atoms in total. The predicted octanol–water partition coefficient (Wildman–Crippen LogP) is 3.61. The van der Waals surface area contributed by atoms with Crippen molar-refractivity contribution < 1.29 is 9.90 Å². The number of aryl methyl sites for hydroxylation is 1. The lowest BCUT2D eigenvalue weighted by Gasteiger charge is -2.05. The van der Waals surface area contributed by atoms with Crippen LogP contribution in [0.2, 0.25) is 0 Å². The van der Waals surface area contributed by atoms with Crippen LogP contribution >= 0.6 is 0 Å². The van der Waals surface area contributed by atoms with Gasteiger partial charge in [-0.3, -0.25) is 4.79 Å². The maximum absolute atomic E-state index is 11.8. The molecule has 2 rings (SSSR count). The van der Waals surface area contributed by atoms with Gasteiger partial charge >= 0.3 is 0 Å². The zero-order valence-electron chi connectivity index (χ0n) is 12.6. The quantitative estimate of drug-likeness (QED) is 0.650. The van der Waals surface area contributed by atoms with Crippen LogP contribution in [0.5, 0.6) is 0 Å². The van der Waals surface area contributed by atoms with Gasteiger partial charge in [0.1, 0.15) is 0 Å². The lowest BCUT2D eigenvalue weighted by atomic mass is 10.1. The van der Waals surface area contributed by atoms with Crippen molar-refractivity contribution in [1.29, 1.82) is 0 Å². The zero-order valence-corrected chi connectivity index (χ0v) is 12.6. The number of benzene rings is 1. The topological polar surface area (TPSA) is 65.1 Å². The Hall–Kier alpha value is -1.81. The number of amides is 1. The highest BCUT2D eigenvalue weighted by molar-refractivity contribution is 5.94. The van der Waals surface area contributed by atoms with E-state index in [4.69, 9.17) is 5.11 Å². The minimum Gasteiger partial charge on any atom is -0.396 e. The van der Waals surface area contributed by atoms with Crippen LogP contribution in [0.15, 0.2) is 24.4 Å². The number of carbonyl (C=O) groups excluding carboxylic acids is 1. The third-order valence-electron chi connectivity index (χ3n) is 3.66. The molecule has 0 atom stereocenters. The second kappa shape index (κ2) is 7.84. The molecule has 0 aliphatic carbocycles. The van der Waals surface area contributed by atoms with Crippen molar-refractivity contribution in [2.75, 3.05) is 11.9 Å². The first-order valence-corrected chi connectivity index (χ1v) is 7.75. The normalized spacial score (nSPS) is 11.0. The maximum atomic E-state index is 11.8. The molecule has 4 heteroatoms. The third-order valence-corrected chi connectivity index (χ3v) is 3.66. The molecular formula is C17H24N2O2. The highest BCUT2D eigenvalue weighted by atomic mass is 16.2. The number of anilines is 1. The smallest absolute Gasteiger partial charge is 0.224 e. The van der Waals surface area contributed by atoms with Crippen LogP contribution in [0, 0.1) is 0 Å². The maximum Gasteiger partial charge on any atom is 0.224 e. The van der Waals surface area contributed by atoms with Crippen LogP contribution < -0.4 is 5.32 Å². The average molecular weight is 288 g/mol. The predicted molar refractivity (Wildman–Crippen MR) is 86.5 cm³/mol. The highest BCUT2D eigenvalue weighted by Crippen LogP contribution is 2.23. The summed E-state index contributed by atoms with van der Waals surface area (Å²) in [6.45, 7) is 2.34. The lowest BCUT2D eigenvalue weighted by Crippen LogP contribution is -2.10. The summed E-state index contributed by atoms with van der Waals surface area (Å²) in [5.41, 5.74) is 3.06. The van der Waals surface area contributed by atoms with Crippen molar-refractivity contribution in [3.63, 3.8) is 0 Å². The van der Waals surface area contributed by atoms with E-state index in [0.29, 0.717) is 6.42 Å². The molecule has 0 spiro atoms. The Morgan fingerprint density at radius 3 is 2.90 bits per heavy atom. The highest BCUT2D eigenvalue weighted by Gasteiger charge is 2.06. The van der Waals surface area contributed by atoms with Crippen LogP contribution in [-0.2, 0) is 11.2 Å². The fourth-order valence-corrected chi connectivity index (χ4v) is 2.50. The van der Waals surface area contributed by atoms with Gasteiger partial charge in [-0.15, -0.1) is 0 Å². The number of H-pyrrole nitrogens is 1. The van der Waals surface area contributed by atoms with Crippen molar-refractivity contribution in [2.45, 2.75) is 45.4 Å². The molecule has 0 unspecified atom stereocenters. The van der Waals surface area contributed by atoms with E-state index in [1.165, 1.54) is 5.56 Å². The van der Waals surface area contributed by atoms with E-state index in [1.807, 2.05) is 24.4 Å². The zero-order chi connectivity index (χ0) is 15.1. The number of aromatic amines is 1. The first-order valence-electron chi connectivity index (χ1n) is 7.75. The third kappa shape index (κ3) is 4.33. The summed E-state index contributed by atoms with van der Waals surface area (Å²) in [5.74, 6) is 0.0786. The molecule has 2 aromatic rings. The molecule has 0 aliphatic heterocycles. The van der Waals surface area contributed by atoms with Gasteiger partial charge in [-0.1, -0.05) is 25.8 Å². The molecule has 1 heterocycles. The van der Waals surface area contributed by atoms with Gasteiger partial charge in [0.2, 0.25) is 5.91 Å². The van der Waals surface area contributed by atoms with Crippen molar-refractivity contribution in [3.8, 4) is 0 Å². The molecule has 3 N–H and O–H groups in total. The number of unbranched alkanes of at least 4 members (excludes halogenated alkanes) is 2. The number of carbonyl (C=O) groups is 1. The Morgan fingerprint density at radius 2 is 2.14 bits per heavy atom. The van der Waals surface area contributed by atoms with E-state index in [9.17, 15) is 4.79 Å². The Labute approximate surface area is 125 Å². The van der Waals surface area contributed by atoms with Gasteiger partial charge in [-0.05, 0) is 37.0 Å². The van der Waals surface area contributed by atoms with Crippen molar-refractivity contribution in [2.24, 2.45) is 0 Å². The number of aromatic nitrogens is 1. The van der Waals surface area contributed by atoms with E-state index in [2.05, 4.69) is 17.2 Å². The molecule has 0 radical (unpaired) electrons. The van der Waals surface area contributed by atoms with E-state index < -0.39 is 0 Å². The second-order valence-corrected chi connectivity index (χ2v) is 5.41. The molecule has 0 saturated carbocycles. The van der Waals surface area contributed by atoms with E-state index in [1.54, 1.807) is 0 Å². The molecule has 1 aromatic carbocycles. The summed E-state index contributed by atoms with van der Waals surface area (Å²) in [7, 11) is 0. The summed E-state index contributed by atoms with van der Waals surface area (Å²) in [6, 6.07) is 5.94. The van der Waals surface area contributed by atoms with Gasteiger partial charge in [0.05, 0.1) is 0 Å². The van der Waals surface area contributed by atoms with Crippen LogP contribution in [-0.4, -0.2) is 22.6 Å². The summed E-state index contributed by atoms with van der Waals surface area (Å²) >= 11 is 0. The van der Waals surface area contributed by atoms with Gasteiger partial charge in [0.25, 0.3) is 0 Å². The van der Waals surface area contributed by atoms with Crippen molar-refractivity contribution in [3.05, 3.63) is 30.0 Å². The summed E-state index contributed by atoms with van der Waals surface area (Å²) in [4.78, 5) is 15.1. The van der Waals surface area contributed by atoms with Crippen LogP contribution in [0.25, 0.3) is 10.9 Å². The molecule has 0 bridgehead atoms. The molecular weight excluding hydrogens is 264 g/mol. The van der Waals surface area contributed by atoms with Crippen LogP contribution in [0.4, 0.5) is 5.69 Å². The summed E-state index contributed by atoms with van der Waals surface area (Å²) < 4.78 is 0. The van der Waals surface area contributed by atoms with Gasteiger partial charge in [-0.2, -0.15) is 0 Å². The minimum atomic E-state index is 0.0786. The first kappa shape index (κ1) is 15.6. The van der Waals surface area contributed by atoms with E-state index >= 15 is 0 Å². The fraction of sp³-hybridized carbons (Fsp3) is 0.471. The Kier molecular flexibility index (Phi) is 5.81. The van der Waals surface area contributed by atoms with Gasteiger partial charge in [0, 0.05) is 35.8 Å². The average Bonchev–Trinajstić information content (AvgIpc) is 2.87. The van der Waals surface area contributed by atoms with E-state index in [0.717, 1.165) is 48.7 Å². The molecule has 21 heavy (non-hydrogen) atoms. The van der Waals surface area contributed by atoms with Gasteiger partial charge in [0.15, 0.2) is 0 Å². The van der Waals surface area contributed by atoms with Gasteiger partial charge < -0.3 is 15.4 Å². The summed E-state index contributed by atoms with van der Waals surface area (Å²) in [5, 5.41) is 13.0. The largest absolute Gasteiger partial charge is 0.396 e. The number of hydrogen-bond donors (Lipinski definition) is 3. The van der Waals surface area contributed by atoms with Crippen LogP contribution in [0.1, 0.15) is 44.6 Å². The number of fused-ring (bicyclic) bond motifs is 1. The second-order valence-electron chi connectivity index (χ2n) is 5.41. The molecule has 0 saturated heterocycles. The van der Waals surface area contributed by atoms with Crippen molar-refractivity contribution in [1.82, 2.24) is 4.98 Å². The fourth-order valence-electron chi connectivity index (χ4n) is 2.50. The number of hydrogen-bond acceptors (Lipinski definition) is 2. The molecule has 114 valence electrons. The van der Waals surface area contributed by atoms with E-state index in [-0.39, 0.29) is 12.5 Å². The number of nitrogens with one attached hydrogen (secondary N) is 2. The Balaban J connectivity index is 2.00. The summed E-state index contributed by atoms with van der Waals surface area (Å²) in [6.07, 6.45) is 7.35. The SMILES string of the molecule is CCCCCC(=O)Nc1ccc2c(CCCO)c[nH]c2c1. The number of rotatable bonds is 8. The Bertz CT molecular complexity index is 589. The Morgan fingerprint density at radius 1 is 1.29 bits per heavy atom. The van der Waals surface area contributed by atoms with Gasteiger partial charge in [-0.25, -0.2) is 0 Å². The number of aliphatic hydroxyl groups is 1. The van der Waals surface area contributed by atoms with Crippen LogP contribution in [0.3, 0.4) is 0 Å².